The van der Waals surface area contributed by atoms with Gasteiger partial charge in [0.1, 0.15) is 0 Å². The van der Waals surface area contributed by atoms with E-state index in [1.165, 1.54) is 75.6 Å². The van der Waals surface area contributed by atoms with E-state index in [0.717, 1.165) is 5.92 Å². The van der Waals surface area contributed by atoms with Gasteiger partial charge in [0.05, 0.1) is 0 Å². The zero-order chi connectivity index (χ0) is 18.2. The molecule has 3 aromatic rings. The average molecular weight is 351 g/mol. The van der Waals surface area contributed by atoms with Gasteiger partial charge in [-0.3, -0.25) is 0 Å². The van der Waals surface area contributed by atoms with E-state index in [9.17, 15) is 0 Å². The lowest BCUT2D eigenvalue weighted by molar-refractivity contribution is 0.419. The van der Waals surface area contributed by atoms with Crippen molar-refractivity contribution in [3.63, 3.8) is 0 Å². The number of benzene rings is 3. The van der Waals surface area contributed by atoms with Gasteiger partial charge in [0.2, 0.25) is 0 Å². The van der Waals surface area contributed by atoms with Crippen LogP contribution in [0, 0.1) is 12.8 Å². The van der Waals surface area contributed by atoms with Crippen LogP contribution in [0.4, 0.5) is 0 Å². The predicted octanol–water partition coefficient (Wildman–Crippen LogP) is 5.90. The summed E-state index contributed by atoms with van der Waals surface area (Å²) in [7, 11) is 0. The summed E-state index contributed by atoms with van der Waals surface area (Å²) in [5, 5.41) is 5.38. The van der Waals surface area contributed by atoms with Gasteiger partial charge >= 0.3 is 0 Å². The molecule has 0 aliphatic heterocycles. The lowest BCUT2D eigenvalue weighted by Gasteiger charge is -2.18. The summed E-state index contributed by atoms with van der Waals surface area (Å²) in [6.07, 6.45) is 14.2. The van der Waals surface area contributed by atoms with E-state index in [1.807, 2.05) is 0 Å². The Hall–Kier alpha value is -2.60. The third-order valence-electron chi connectivity index (χ3n) is 6.13. The Morgan fingerprint density at radius 2 is 1.63 bits per heavy atom. The molecule has 2 aliphatic carbocycles. The summed E-state index contributed by atoms with van der Waals surface area (Å²) < 4.78 is 0. The molecule has 0 bridgehead atoms. The van der Waals surface area contributed by atoms with Gasteiger partial charge in [-0.25, -0.2) is 0 Å². The quantitative estimate of drug-likeness (QED) is 0.540. The van der Waals surface area contributed by atoms with Crippen LogP contribution in [-0.4, -0.2) is 0 Å². The minimum atomic E-state index is 0.765. The maximum atomic E-state index is 2.53. The molecule has 134 valence electrons. The molecule has 0 amide bonds. The fourth-order valence-corrected chi connectivity index (χ4v) is 4.76. The van der Waals surface area contributed by atoms with Gasteiger partial charge in [0, 0.05) is 0 Å². The maximum Gasteiger partial charge on any atom is -0.00992 e. The molecule has 1 saturated carbocycles. The van der Waals surface area contributed by atoms with E-state index < -0.39 is 0 Å². The molecule has 1 fully saturated rings. The molecule has 5 rings (SSSR count). The third-order valence-corrected chi connectivity index (χ3v) is 6.13. The number of fused-ring (bicyclic) bond motifs is 2. The molecule has 0 atom stereocenters. The van der Waals surface area contributed by atoms with E-state index >= 15 is 0 Å². The van der Waals surface area contributed by atoms with Crippen LogP contribution < -0.4 is 10.4 Å². The largest absolute Gasteiger partial charge is 0.0741 e. The van der Waals surface area contributed by atoms with Crippen molar-refractivity contribution >= 4 is 22.9 Å². The number of aryl methyl sites for hydroxylation is 1. The van der Waals surface area contributed by atoms with E-state index in [1.54, 1.807) is 0 Å². The number of hydrogen-bond donors (Lipinski definition) is 0. The molecule has 0 heteroatoms. The summed E-state index contributed by atoms with van der Waals surface area (Å²) in [5.74, 6) is 0.765. The molecule has 2 aliphatic rings. The highest BCUT2D eigenvalue weighted by molar-refractivity contribution is 5.88. The Morgan fingerprint density at radius 1 is 0.815 bits per heavy atom. The summed E-state index contributed by atoms with van der Waals surface area (Å²) in [6.45, 7) is 2.21. The number of allylic oxidation sites excluding steroid dienone is 2. The van der Waals surface area contributed by atoms with Crippen LogP contribution in [0.5, 0.6) is 0 Å². The smallest absolute Gasteiger partial charge is 0.00992 e. The van der Waals surface area contributed by atoms with Crippen LogP contribution in [0.3, 0.4) is 0 Å². The molecule has 0 N–H and O–H groups in total. The molecular formula is C27H26. The first-order chi connectivity index (χ1) is 13.3. The van der Waals surface area contributed by atoms with Crippen LogP contribution in [-0.2, 0) is 0 Å². The Balaban J connectivity index is 1.63. The summed E-state index contributed by atoms with van der Waals surface area (Å²) in [4.78, 5) is 0. The predicted molar refractivity (Wildman–Crippen MR) is 117 cm³/mol. The monoisotopic (exact) mass is 350 g/mol. The molecule has 0 radical (unpaired) electrons. The Morgan fingerprint density at radius 3 is 2.48 bits per heavy atom. The van der Waals surface area contributed by atoms with Crippen molar-refractivity contribution in [2.45, 2.75) is 39.0 Å². The lowest BCUT2D eigenvalue weighted by Crippen LogP contribution is -2.24. The van der Waals surface area contributed by atoms with Crippen LogP contribution in [0.1, 0.15) is 37.7 Å². The minimum absolute atomic E-state index is 0.765. The molecule has 0 saturated heterocycles. The first-order valence-corrected chi connectivity index (χ1v) is 10.3. The summed E-state index contributed by atoms with van der Waals surface area (Å²) >= 11 is 0. The van der Waals surface area contributed by atoms with E-state index in [0.29, 0.717) is 0 Å². The van der Waals surface area contributed by atoms with Gasteiger partial charge in [0.25, 0.3) is 0 Å². The van der Waals surface area contributed by atoms with Gasteiger partial charge in [-0.2, -0.15) is 0 Å². The zero-order valence-corrected chi connectivity index (χ0v) is 16.0. The van der Waals surface area contributed by atoms with Gasteiger partial charge in [-0.15, -0.1) is 0 Å². The second-order valence-corrected chi connectivity index (χ2v) is 8.23. The van der Waals surface area contributed by atoms with Gasteiger partial charge in [-0.05, 0) is 87.4 Å². The maximum absolute atomic E-state index is 2.53. The molecule has 0 spiro atoms. The molecular weight excluding hydrogens is 324 g/mol. The van der Waals surface area contributed by atoms with E-state index in [-0.39, 0.29) is 0 Å². The molecule has 0 aromatic heterocycles. The van der Waals surface area contributed by atoms with E-state index in [4.69, 9.17) is 0 Å². The van der Waals surface area contributed by atoms with Crippen molar-refractivity contribution in [1.82, 2.24) is 0 Å². The minimum Gasteiger partial charge on any atom is -0.0741 e. The molecule has 0 heterocycles. The number of hydrogen-bond acceptors (Lipinski definition) is 0. The molecule has 0 unspecified atom stereocenters. The van der Waals surface area contributed by atoms with E-state index in [2.05, 4.69) is 79.7 Å². The Labute approximate surface area is 161 Å². The standard InChI is InChI=1S/C27H26/c1-19-13-25-16-21(15-20-7-3-2-4-8-20)17-27(25)26(14-19)24-12-11-22-9-5-6-10-23(22)18-24/h5-6,9-18,20H,2-4,7-8H2,1H3. The highest BCUT2D eigenvalue weighted by Crippen LogP contribution is 2.27. The summed E-state index contributed by atoms with van der Waals surface area (Å²) in [5.41, 5.74) is 5.42. The Kier molecular flexibility index (Phi) is 4.20. The molecule has 27 heavy (non-hydrogen) atoms. The van der Waals surface area contributed by atoms with Crippen molar-refractivity contribution in [1.29, 1.82) is 0 Å². The van der Waals surface area contributed by atoms with Crippen molar-refractivity contribution in [2.75, 3.05) is 0 Å². The SMILES string of the molecule is Cc1cc(-c2ccc3ccccc3c2)c2c(c1)=CC(=CC1CCCCC1)C=2. The van der Waals surface area contributed by atoms with Gasteiger partial charge in [0.15, 0.2) is 0 Å². The number of rotatable bonds is 2. The van der Waals surface area contributed by atoms with Crippen LogP contribution >= 0.6 is 0 Å². The zero-order valence-electron chi connectivity index (χ0n) is 16.0. The summed E-state index contributed by atoms with van der Waals surface area (Å²) in [6, 6.07) is 20.2. The second-order valence-electron chi connectivity index (χ2n) is 8.23. The van der Waals surface area contributed by atoms with Crippen LogP contribution in [0.25, 0.3) is 34.1 Å². The van der Waals surface area contributed by atoms with Crippen LogP contribution in [0.2, 0.25) is 0 Å². The fourth-order valence-electron chi connectivity index (χ4n) is 4.76. The average Bonchev–Trinajstić information content (AvgIpc) is 3.09. The van der Waals surface area contributed by atoms with Crippen molar-refractivity contribution in [3.8, 4) is 11.1 Å². The van der Waals surface area contributed by atoms with Crippen molar-refractivity contribution in [2.24, 2.45) is 5.92 Å². The van der Waals surface area contributed by atoms with Gasteiger partial charge in [-0.1, -0.05) is 73.9 Å². The van der Waals surface area contributed by atoms with Crippen molar-refractivity contribution in [3.05, 3.63) is 82.2 Å². The fraction of sp³-hybridized carbons (Fsp3) is 0.259. The second kappa shape index (κ2) is 6.85. The highest BCUT2D eigenvalue weighted by atomic mass is 14.2. The topological polar surface area (TPSA) is 0 Å². The molecule has 3 aromatic carbocycles. The first-order valence-electron chi connectivity index (χ1n) is 10.3. The normalized spacial score (nSPS) is 18.3. The Bertz CT molecular complexity index is 1150. The third kappa shape index (κ3) is 3.25. The van der Waals surface area contributed by atoms with Crippen molar-refractivity contribution < 1.29 is 0 Å². The highest BCUT2D eigenvalue weighted by Gasteiger charge is 2.13. The van der Waals surface area contributed by atoms with Gasteiger partial charge < -0.3 is 0 Å². The van der Waals surface area contributed by atoms with Crippen LogP contribution in [0.15, 0.2) is 66.2 Å². The first kappa shape index (κ1) is 16.6. The lowest BCUT2D eigenvalue weighted by atomic mass is 9.88. The molecule has 0 nitrogen and oxygen atoms in total.